The molecule has 2 aromatic carbocycles. The number of piperidine rings is 1. The van der Waals surface area contributed by atoms with Crippen molar-refractivity contribution < 1.29 is 9.59 Å². The molecule has 0 saturated carbocycles. The zero-order valence-corrected chi connectivity index (χ0v) is 22.1. The summed E-state index contributed by atoms with van der Waals surface area (Å²) in [6.45, 7) is 2.18. The molecule has 192 valence electrons. The van der Waals surface area contributed by atoms with Crippen LogP contribution >= 0.6 is 23.4 Å². The average Bonchev–Trinajstić information content (AvgIpc) is 3.49. The molecule has 0 unspecified atom stereocenters. The highest BCUT2D eigenvalue weighted by Gasteiger charge is 2.36. The van der Waals surface area contributed by atoms with E-state index in [0.29, 0.717) is 21.8 Å². The molecule has 0 bridgehead atoms. The lowest BCUT2D eigenvalue weighted by molar-refractivity contribution is -0.130. The summed E-state index contributed by atoms with van der Waals surface area (Å²) < 4.78 is 2.12. The fourth-order valence-corrected chi connectivity index (χ4v) is 5.95. The van der Waals surface area contributed by atoms with E-state index in [2.05, 4.69) is 14.7 Å². The molecule has 4 heterocycles. The summed E-state index contributed by atoms with van der Waals surface area (Å²) in [6.07, 6.45) is 7.04. The second-order valence-electron chi connectivity index (χ2n) is 9.49. The zero-order chi connectivity index (χ0) is 26.2. The van der Waals surface area contributed by atoms with Crippen molar-refractivity contribution in [2.45, 2.75) is 32.2 Å². The number of para-hydroxylation sites is 1. The summed E-state index contributed by atoms with van der Waals surface area (Å²) in [7, 11) is 0. The Bertz CT molecular complexity index is 1550. The van der Waals surface area contributed by atoms with Crippen molar-refractivity contribution in [3.63, 3.8) is 0 Å². The lowest BCUT2D eigenvalue weighted by Crippen LogP contribution is -2.36. The molecular weight excluding hydrogens is 520 g/mol. The van der Waals surface area contributed by atoms with E-state index in [4.69, 9.17) is 17.0 Å². The number of nitrogens with zero attached hydrogens (tertiary/aromatic N) is 5. The molecule has 0 atom stereocenters. The van der Waals surface area contributed by atoms with Gasteiger partial charge in [-0.15, -0.1) is 0 Å². The van der Waals surface area contributed by atoms with Gasteiger partial charge in [0, 0.05) is 47.3 Å². The van der Waals surface area contributed by atoms with Crippen LogP contribution in [0.4, 0.5) is 0 Å². The van der Waals surface area contributed by atoms with E-state index >= 15 is 0 Å². The van der Waals surface area contributed by atoms with Crippen LogP contribution in [0.1, 0.15) is 36.8 Å². The predicted octanol–water partition coefficient (Wildman–Crippen LogP) is 5.36. The highest BCUT2D eigenvalue weighted by Crippen LogP contribution is 2.31. The topological polar surface area (TPSA) is 94.1 Å². The number of nitrogens with one attached hydrogen (secondary N) is 1. The van der Waals surface area contributed by atoms with Gasteiger partial charge in [0.1, 0.15) is 5.04 Å². The third kappa shape index (κ3) is 4.79. The molecule has 3 aromatic rings. The quantitative estimate of drug-likeness (QED) is 0.437. The summed E-state index contributed by atoms with van der Waals surface area (Å²) in [5.41, 5.74) is 3.09. The molecule has 1 N–H and O–H groups in total. The lowest BCUT2D eigenvalue weighted by atomic mass is 10.1. The van der Waals surface area contributed by atoms with Crippen molar-refractivity contribution in [2.75, 3.05) is 13.1 Å². The predicted molar refractivity (Wildman–Crippen MR) is 153 cm³/mol. The standard InChI is InChI=1S/C28H25ClN6O2S/c29-20-10-8-18(9-11-20)16-34-17-19(21-6-2-3-7-23(21)34)14-22-26(30)35-28(31-27(22)37)38-24(32-35)15-25(36)33-12-4-1-5-13-33/h2-3,6-11,14,17,30H,1,4-5,12-13,15-16H2. The fraction of sp³-hybridized carbons (Fsp3) is 0.250. The lowest BCUT2D eigenvalue weighted by Gasteiger charge is -2.26. The van der Waals surface area contributed by atoms with E-state index in [-0.39, 0.29) is 23.7 Å². The van der Waals surface area contributed by atoms with Crippen molar-refractivity contribution >= 4 is 68.2 Å². The highest BCUT2D eigenvalue weighted by atomic mass is 35.5. The number of carbonyl (C=O) groups is 2. The van der Waals surface area contributed by atoms with Crippen LogP contribution in [0.5, 0.6) is 0 Å². The minimum Gasteiger partial charge on any atom is -0.342 e. The number of fused-ring (bicyclic) bond motifs is 2. The number of aliphatic imine (C=N–C) groups is 1. The first-order valence-corrected chi connectivity index (χ1v) is 13.7. The number of carbonyl (C=O) groups excluding carboxylic acids is 2. The highest BCUT2D eigenvalue weighted by molar-refractivity contribution is 8.27. The Morgan fingerprint density at radius 2 is 1.84 bits per heavy atom. The van der Waals surface area contributed by atoms with Crippen LogP contribution in [-0.2, 0) is 16.1 Å². The van der Waals surface area contributed by atoms with Crippen LogP contribution in [0.25, 0.3) is 17.0 Å². The second-order valence-corrected chi connectivity index (χ2v) is 11.0. The van der Waals surface area contributed by atoms with E-state index < -0.39 is 5.91 Å². The Labute approximate surface area is 229 Å². The number of amidine groups is 2. The molecule has 0 spiro atoms. The molecular formula is C28H25ClN6O2S. The number of aromatic nitrogens is 1. The number of likely N-dealkylation sites (tertiary alicyclic amines) is 1. The molecule has 2 amide bonds. The van der Waals surface area contributed by atoms with Crippen LogP contribution in [0.15, 0.2) is 70.4 Å². The van der Waals surface area contributed by atoms with Crippen molar-refractivity contribution in [2.24, 2.45) is 10.1 Å². The van der Waals surface area contributed by atoms with E-state index in [1.54, 1.807) is 6.08 Å². The Hall–Kier alpha value is -3.69. The van der Waals surface area contributed by atoms with Crippen molar-refractivity contribution in [3.8, 4) is 0 Å². The van der Waals surface area contributed by atoms with Gasteiger partial charge in [0.05, 0.1) is 12.0 Å². The number of hydrazone groups is 1. The van der Waals surface area contributed by atoms with Crippen LogP contribution in [-0.4, -0.2) is 55.4 Å². The van der Waals surface area contributed by atoms with E-state index in [1.807, 2.05) is 59.6 Å². The van der Waals surface area contributed by atoms with Crippen LogP contribution < -0.4 is 0 Å². The molecule has 6 rings (SSSR count). The maximum absolute atomic E-state index is 13.0. The average molecular weight is 545 g/mol. The Kier molecular flexibility index (Phi) is 6.63. The van der Waals surface area contributed by atoms with Gasteiger partial charge in [-0.3, -0.25) is 15.0 Å². The summed E-state index contributed by atoms with van der Waals surface area (Å²) in [4.78, 5) is 31.8. The third-order valence-corrected chi connectivity index (χ3v) is 8.05. The van der Waals surface area contributed by atoms with Gasteiger partial charge in [-0.2, -0.15) is 15.1 Å². The summed E-state index contributed by atoms with van der Waals surface area (Å²) >= 11 is 7.23. The fourth-order valence-electron chi connectivity index (χ4n) is 4.95. The van der Waals surface area contributed by atoms with Gasteiger partial charge in [0.15, 0.2) is 5.84 Å². The maximum Gasteiger partial charge on any atom is 0.283 e. The largest absolute Gasteiger partial charge is 0.342 e. The third-order valence-electron chi connectivity index (χ3n) is 6.89. The molecule has 8 nitrogen and oxygen atoms in total. The first-order valence-electron chi connectivity index (χ1n) is 12.6. The van der Waals surface area contributed by atoms with Crippen LogP contribution in [0.3, 0.4) is 0 Å². The SMILES string of the molecule is N=C1C(=Cc2cn(Cc3ccc(Cl)cc3)c3ccccc23)C(=O)N=C2SC(CC(=O)N3CCCCC3)=NN12. The van der Waals surface area contributed by atoms with Crippen molar-refractivity contribution in [1.82, 2.24) is 14.5 Å². The van der Waals surface area contributed by atoms with Gasteiger partial charge in [0.2, 0.25) is 11.1 Å². The minimum atomic E-state index is -0.484. The molecule has 3 aliphatic rings. The minimum absolute atomic E-state index is 0.0264. The van der Waals surface area contributed by atoms with Crippen molar-refractivity contribution in [1.29, 1.82) is 5.41 Å². The molecule has 1 fully saturated rings. The summed E-state index contributed by atoms with van der Waals surface area (Å²) in [6, 6.07) is 15.7. The maximum atomic E-state index is 13.0. The first kappa shape index (κ1) is 24.6. The van der Waals surface area contributed by atoms with E-state index in [0.717, 1.165) is 54.4 Å². The Morgan fingerprint density at radius 3 is 2.63 bits per heavy atom. The molecule has 1 saturated heterocycles. The first-order chi connectivity index (χ1) is 18.5. The number of halogens is 1. The number of rotatable bonds is 5. The molecule has 10 heteroatoms. The van der Waals surface area contributed by atoms with Gasteiger partial charge in [-0.25, -0.2) is 0 Å². The number of hydrogen-bond acceptors (Lipinski definition) is 5. The molecule has 0 radical (unpaired) electrons. The monoisotopic (exact) mass is 544 g/mol. The van der Waals surface area contributed by atoms with Gasteiger partial charge < -0.3 is 9.47 Å². The van der Waals surface area contributed by atoms with Gasteiger partial charge in [-0.1, -0.05) is 41.9 Å². The number of hydrogen-bond donors (Lipinski definition) is 1. The van der Waals surface area contributed by atoms with E-state index in [1.165, 1.54) is 16.8 Å². The van der Waals surface area contributed by atoms with Gasteiger partial charge >= 0.3 is 0 Å². The van der Waals surface area contributed by atoms with Gasteiger partial charge in [-0.05, 0) is 60.9 Å². The summed E-state index contributed by atoms with van der Waals surface area (Å²) in [5.74, 6) is -0.497. The smallest absolute Gasteiger partial charge is 0.283 e. The second kappa shape index (κ2) is 10.2. The number of amides is 2. The summed E-state index contributed by atoms with van der Waals surface area (Å²) in [5, 5.41) is 17.1. The molecule has 38 heavy (non-hydrogen) atoms. The Morgan fingerprint density at radius 1 is 1.08 bits per heavy atom. The molecule has 3 aliphatic heterocycles. The molecule has 1 aromatic heterocycles. The molecule has 0 aliphatic carbocycles. The number of benzene rings is 2. The normalized spacial score (nSPS) is 18.7. The van der Waals surface area contributed by atoms with Crippen LogP contribution in [0.2, 0.25) is 5.02 Å². The van der Waals surface area contributed by atoms with Gasteiger partial charge in [0.25, 0.3) is 5.91 Å². The number of thioether (sulfide) groups is 1. The van der Waals surface area contributed by atoms with Crippen LogP contribution in [0, 0.1) is 5.41 Å². The van der Waals surface area contributed by atoms with E-state index in [9.17, 15) is 9.59 Å². The van der Waals surface area contributed by atoms with Crippen molar-refractivity contribution in [3.05, 3.63) is 76.5 Å². The Balaban J connectivity index is 1.27. The zero-order valence-electron chi connectivity index (χ0n) is 20.6.